The molecule has 138 valence electrons. The monoisotopic (exact) mass is 357 g/mol. The molecule has 1 unspecified atom stereocenters. The number of nitrogens with two attached hydrogens (primary N) is 1. The molecular formula is C20H24FN3O2. The van der Waals surface area contributed by atoms with Gasteiger partial charge in [-0.25, -0.2) is 9.18 Å². The van der Waals surface area contributed by atoms with Gasteiger partial charge in [-0.2, -0.15) is 0 Å². The Bertz CT molecular complexity index is 782. The zero-order valence-electron chi connectivity index (χ0n) is 15.2. The Labute approximate surface area is 152 Å². The largest absolute Gasteiger partial charge is 0.369 e. The third-order valence-corrected chi connectivity index (χ3v) is 3.98. The molecule has 0 aliphatic carbocycles. The molecule has 2 aromatic rings. The van der Waals surface area contributed by atoms with Gasteiger partial charge in [0, 0.05) is 5.69 Å². The van der Waals surface area contributed by atoms with Crippen molar-refractivity contribution in [2.24, 2.45) is 11.1 Å². The van der Waals surface area contributed by atoms with E-state index in [0.717, 1.165) is 5.56 Å². The lowest BCUT2D eigenvalue weighted by Crippen LogP contribution is -2.39. The van der Waals surface area contributed by atoms with Gasteiger partial charge in [-0.05, 0) is 34.7 Å². The fourth-order valence-corrected chi connectivity index (χ4v) is 2.73. The molecule has 2 aromatic carbocycles. The number of hydrogen-bond donors (Lipinski definition) is 3. The van der Waals surface area contributed by atoms with E-state index >= 15 is 0 Å². The van der Waals surface area contributed by atoms with Crippen molar-refractivity contribution in [2.75, 3.05) is 5.32 Å². The van der Waals surface area contributed by atoms with E-state index in [2.05, 4.69) is 10.6 Å². The van der Waals surface area contributed by atoms with Crippen LogP contribution in [0.4, 0.5) is 14.9 Å². The van der Waals surface area contributed by atoms with Gasteiger partial charge in [0.25, 0.3) is 0 Å². The van der Waals surface area contributed by atoms with Gasteiger partial charge in [-0.15, -0.1) is 0 Å². The normalized spacial score (nSPS) is 12.3. The van der Waals surface area contributed by atoms with Crippen molar-refractivity contribution in [3.05, 3.63) is 65.5 Å². The summed E-state index contributed by atoms with van der Waals surface area (Å²) < 4.78 is 13.2. The van der Waals surface area contributed by atoms with Crippen LogP contribution in [0.3, 0.4) is 0 Å². The minimum atomic E-state index is -0.474. The van der Waals surface area contributed by atoms with Crippen molar-refractivity contribution < 1.29 is 14.0 Å². The summed E-state index contributed by atoms with van der Waals surface area (Å²) in [4.78, 5) is 23.7. The van der Waals surface area contributed by atoms with E-state index in [-0.39, 0.29) is 23.7 Å². The first-order valence-electron chi connectivity index (χ1n) is 8.36. The van der Waals surface area contributed by atoms with E-state index in [1.54, 1.807) is 36.4 Å². The molecular weight excluding hydrogens is 333 g/mol. The van der Waals surface area contributed by atoms with Gasteiger partial charge in [-0.3, -0.25) is 4.79 Å². The van der Waals surface area contributed by atoms with E-state index < -0.39 is 11.9 Å². The minimum absolute atomic E-state index is 0.0388. The van der Waals surface area contributed by atoms with E-state index in [1.807, 2.05) is 20.8 Å². The molecule has 0 aliphatic rings. The maximum absolute atomic E-state index is 13.2. The summed E-state index contributed by atoms with van der Waals surface area (Å²) in [6.07, 6.45) is 0.0388. The van der Waals surface area contributed by atoms with Crippen molar-refractivity contribution in [2.45, 2.75) is 33.2 Å². The first kappa shape index (κ1) is 19.4. The molecule has 0 aromatic heterocycles. The van der Waals surface area contributed by atoms with Crippen molar-refractivity contribution in [3.8, 4) is 0 Å². The number of carbonyl (C=O) groups excluding carboxylic acids is 2. The zero-order valence-corrected chi connectivity index (χ0v) is 15.2. The smallest absolute Gasteiger partial charge is 0.319 e. The lowest BCUT2D eigenvalue weighted by atomic mass is 9.82. The third-order valence-electron chi connectivity index (χ3n) is 3.98. The van der Waals surface area contributed by atoms with Crippen LogP contribution in [-0.4, -0.2) is 11.9 Å². The van der Waals surface area contributed by atoms with E-state index in [1.165, 1.54) is 12.1 Å². The van der Waals surface area contributed by atoms with Gasteiger partial charge >= 0.3 is 6.03 Å². The van der Waals surface area contributed by atoms with Crippen molar-refractivity contribution in [1.29, 1.82) is 0 Å². The molecule has 6 heteroatoms. The quantitative estimate of drug-likeness (QED) is 0.761. The first-order valence-corrected chi connectivity index (χ1v) is 8.36. The molecule has 0 saturated heterocycles. The summed E-state index contributed by atoms with van der Waals surface area (Å²) >= 11 is 0. The Morgan fingerprint density at radius 1 is 1.08 bits per heavy atom. The second-order valence-electron chi connectivity index (χ2n) is 7.25. The zero-order chi connectivity index (χ0) is 19.3. The summed E-state index contributed by atoms with van der Waals surface area (Å²) in [6, 6.07) is 12.3. The maximum Gasteiger partial charge on any atom is 0.319 e. The summed E-state index contributed by atoms with van der Waals surface area (Å²) in [5.41, 5.74) is 6.93. The number of halogens is 1. The molecule has 26 heavy (non-hydrogen) atoms. The predicted molar refractivity (Wildman–Crippen MR) is 100 cm³/mol. The molecule has 1 atom stereocenters. The summed E-state index contributed by atoms with van der Waals surface area (Å²) in [7, 11) is 0. The second kappa shape index (κ2) is 7.99. The predicted octanol–water partition coefficient (Wildman–Crippen LogP) is 3.76. The number of rotatable bonds is 5. The Balaban J connectivity index is 2.18. The number of nitrogens with one attached hydrogen (secondary N) is 2. The summed E-state index contributed by atoms with van der Waals surface area (Å²) in [6.45, 7) is 5.97. The van der Waals surface area contributed by atoms with Crippen LogP contribution in [-0.2, 0) is 11.2 Å². The van der Waals surface area contributed by atoms with Gasteiger partial charge in [0.15, 0.2) is 0 Å². The second-order valence-corrected chi connectivity index (χ2v) is 7.25. The Morgan fingerprint density at radius 2 is 1.69 bits per heavy atom. The standard InChI is InChI=1S/C20H24FN3O2/c1-20(2,3)18(13-8-10-15(21)11-9-13)24-19(26)23-16-7-5-4-6-14(16)12-17(22)25/h4-11,18H,12H2,1-3H3,(H2,22,25)(H2,23,24,26). The van der Waals surface area contributed by atoms with Crippen molar-refractivity contribution in [3.63, 3.8) is 0 Å². The van der Waals surface area contributed by atoms with Crippen molar-refractivity contribution >= 4 is 17.6 Å². The van der Waals surface area contributed by atoms with Gasteiger partial charge in [0.2, 0.25) is 5.91 Å². The number of para-hydroxylation sites is 1. The number of anilines is 1. The number of benzene rings is 2. The third kappa shape index (κ3) is 5.31. The van der Waals surface area contributed by atoms with E-state index in [4.69, 9.17) is 5.73 Å². The fraction of sp³-hybridized carbons (Fsp3) is 0.300. The number of primary amides is 1. The molecule has 0 aliphatic heterocycles. The highest BCUT2D eigenvalue weighted by molar-refractivity contribution is 5.91. The highest BCUT2D eigenvalue weighted by atomic mass is 19.1. The highest BCUT2D eigenvalue weighted by Gasteiger charge is 2.28. The summed E-state index contributed by atoms with van der Waals surface area (Å²) in [5, 5.41) is 5.70. The van der Waals surface area contributed by atoms with Gasteiger partial charge in [0.05, 0.1) is 12.5 Å². The first-order chi connectivity index (χ1) is 12.2. The van der Waals surface area contributed by atoms with Crippen LogP contribution in [0, 0.1) is 11.2 Å². The average molecular weight is 357 g/mol. The average Bonchev–Trinajstić information content (AvgIpc) is 2.54. The molecule has 0 spiro atoms. The highest BCUT2D eigenvalue weighted by Crippen LogP contribution is 2.33. The summed E-state index contributed by atoms with van der Waals surface area (Å²) in [5.74, 6) is -0.801. The van der Waals surface area contributed by atoms with Crippen LogP contribution in [0.5, 0.6) is 0 Å². The molecule has 3 amide bonds. The molecule has 4 N–H and O–H groups in total. The Morgan fingerprint density at radius 3 is 2.27 bits per heavy atom. The molecule has 5 nitrogen and oxygen atoms in total. The fourth-order valence-electron chi connectivity index (χ4n) is 2.73. The molecule has 0 bridgehead atoms. The molecule has 0 saturated carbocycles. The number of amides is 3. The molecule has 0 radical (unpaired) electrons. The minimum Gasteiger partial charge on any atom is -0.369 e. The SMILES string of the molecule is CC(C)(C)C(NC(=O)Nc1ccccc1CC(N)=O)c1ccc(F)cc1. The maximum atomic E-state index is 13.2. The van der Waals surface area contributed by atoms with Crippen LogP contribution in [0.1, 0.15) is 37.9 Å². The van der Waals surface area contributed by atoms with Gasteiger partial charge in [-0.1, -0.05) is 51.1 Å². The Kier molecular flexibility index (Phi) is 5.97. The topological polar surface area (TPSA) is 84.2 Å². The van der Waals surface area contributed by atoms with Crippen molar-refractivity contribution in [1.82, 2.24) is 5.32 Å². The van der Waals surface area contributed by atoms with Gasteiger partial charge < -0.3 is 16.4 Å². The van der Waals surface area contributed by atoms with Crippen LogP contribution in [0.2, 0.25) is 0 Å². The molecule has 0 fully saturated rings. The van der Waals surface area contributed by atoms with Crippen LogP contribution >= 0.6 is 0 Å². The number of hydrogen-bond acceptors (Lipinski definition) is 2. The number of urea groups is 1. The van der Waals surface area contributed by atoms with Crippen LogP contribution < -0.4 is 16.4 Å². The lowest BCUT2D eigenvalue weighted by molar-refractivity contribution is -0.117. The molecule has 2 rings (SSSR count). The van der Waals surface area contributed by atoms with Crippen LogP contribution in [0.15, 0.2) is 48.5 Å². The van der Waals surface area contributed by atoms with E-state index in [0.29, 0.717) is 11.3 Å². The number of carbonyl (C=O) groups is 2. The molecule has 0 heterocycles. The van der Waals surface area contributed by atoms with Gasteiger partial charge in [0.1, 0.15) is 5.82 Å². The van der Waals surface area contributed by atoms with E-state index in [9.17, 15) is 14.0 Å². The Hall–Kier alpha value is -2.89. The van der Waals surface area contributed by atoms with Crippen LogP contribution in [0.25, 0.3) is 0 Å². The lowest BCUT2D eigenvalue weighted by Gasteiger charge is -2.32.